The van der Waals surface area contributed by atoms with Gasteiger partial charge in [-0.25, -0.2) is 5.01 Å². The van der Waals surface area contributed by atoms with Crippen LogP contribution in [0.2, 0.25) is 0 Å². The summed E-state index contributed by atoms with van der Waals surface area (Å²) in [6, 6.07) is 0. The molecule has 1 aliphatic heterocycles. The van der Waals surface area contributed by atoms with Gasteiger partial charge in [-0.05, 0) is 12.8 Å². The Morgan fingerprint density at radius 1 is 1.75 bits per heavy atom. The molecule has 1 heterocycles. The van der Waals surface area contributed by atoms with Crippen molar-refractivity contribution in [3.63, 3.8) is 0 Å². The number of hydrogen-bond acceptors (Lipinski definition) is 3. The van der Waals surface area contributed by atoms with E-state index in [2.05, 4.69) is 5.29 Å². The highest BCUT2D eigenvalue weighted by molar-refractivity contribution is 4.69. The van der Waals surface area contributed by atoms with E-state index in [-0.39, 0.29) is 6.17 Å². The summed E-state index contributed by atoms with van der Waals surface area (Å²) in [4.78, 5) is 9.81. The second-order valence-electron chi connectivity index (χ2n) is 1.95. The van der Waals surface area contributed by atoms with Gasteiger partial charge in [0.2, 0.25) is 0 Å². The molecular formula is C4H9N3O. The number of nitroso groups, excluding NO2 is 1. The fraction of sp³-hybridized carbons (Fsp3) is 1.00. The fourth-order valence-electron chi connectivity index (χ4n) is 0.879. The second-order valence-corrected chi connectivity index (χ2v) is 1.95. The number of nitrogens with zero attached hydrogens (tertiary/aromatic N) is 2. The maximum Gasteiger partial charge on any atom is 0.0972 e. The lowest BCUT2D eigenvalue weighted by Crippen LogP contribution is -2.31. The molecule has 1 fully saturated rings. The summed E-state index contributed by atoms with van der Waals surface area (Å²) in [5.74, 6) is 0. The van der Waals surface area contributed by atoms with Crippen molar-refractivity contribution in [2.24, 2.45) is 11.0 Å². The molecule has 1 unspecified atom stereocenters. The zero-order chi connectivity index (χ0) is 5.98. The standard InChI is InChI=1S/C4H9N3O/c5-4-2-1-3-7(4)6-8/h4H,1-3,5H2. The number of rotatable bonds is 1. The molecule has 4 nitrogen and oxygen atoms in total. The first kappa shape index (κ1) is 5.50. The Bertz CT molecular complexity index is 95.3. The SMILES string of the molecule is NC1CCCN1N=O. The summed E-state index contributed by atoms with van der Waals surface area (Å²) in [6.45, 7) is 0.727. The third-order valence-corrected chi connectivity index (χ3v) is 1.37. The molecule has 0 aliphatic carbocycles. The average molecular weight is 115 g/mol. The molecule has 2 N–H and O–H groups in total. The van der Waals surface area contributed by atoms with Crippen LogP contribution in [-0.2, 0) is 0 Å². The fourth-order valence-corrected chi connectivity index (χ4v) is 0.879. The lowest BCUT2D eigenvalue weighted by Gasteiger charge is -2.10. The van der Waals surface area contributed by atoms with Crippen LogP contribution in [0.15, 0.2) is 5.29 Å². The van der Waals surface area contributed by atoms with Crippen molar-refractivity contribution in [2.75, 3.05) is 6.54 Å². The predicted octanol–water partition coefficient (Wildman–Crippen LogP) is 0.0484. The molecule has 1 saturated heterocycles. The molecule has 0 aromatic carbocycles. The highest BCUT2D eigenvalue weighted by Gasteiger charge is 2.19. The molecular weight excluding hydrogens is 106 g/mol. The quantitative estimate of drug-likeness (QED) is 0.491. The van der Waals surface area contributed by atoms with Gasteiger partial charge in [-0.2, -0.15) is 0 Å². The van der Waals surface area contributed by atoms with Crippen molar-refractivity contribution in [3.05, 3.63) is 4.91 Å². The molecule has 0 amide bonds. The predicted molar refractivity (Wildman–Crippen MR) is 29.7 cm³/mol. The third-order valence-electron chi connectivity index (χ3n) is 1.37. The lowest BCUT2D eigenvalue weighted by molar-refractivity contribution is 0.268. The topological polar surface area (TPSA) is 58.7 Å². The normalized spacial score (nSPS) is 28.6. The van der Waals surface area contributed by atoms with Gasteiger partial charge in [0.15, 0.2) is 0 Å². The second kappa shape index (κ2) is 2.09. The van der Waals surface area contributed by atoms with Crippen molar-refractivity contribution in [2.45, 2.75) is 19.0 Å². The van der Waals surface area contributed by atoms with Crippen molar-refractivity contribution in [1.82, 2.24) is 5.01 Å². The Hall–Kier alpha value is -0.640. The van der Waals surface area contributed by atoms with E-state index in [0.29, 0.717) is 0 Å². The number of nitrogens with two attached hydrogens (primary N) is 1. The Balaban J connectivity index is 2.41. The minimum absolute atomic E-state index is 0.118. The first-order valence-electron chi connectivity index (χ1n) is 2.70. The van der Waals surface area contributed by atoms with Crippen molar-refractivity contribution >= 4 is 0 Å². The van der Waals surface area contributed by atoms with Gasteiger partial charge in [0.05, 0.1) is 11.5 Å². The van der Waals surface area contributed by atoms with Gasteiger partial charge in [0.25, 0.3) is 0 Å². The Kier molecular flexibility index (Phi) is 1.43. The number of hydrogen-bond donors (Lipinski definition) is 1. The summed E-state index contributed by atoms with van der Waals surface area (Å²) in [5, 5.41) is 4.10. The highest BCUT2D eigenvalue weighted by Crippen LogP contribution is 2.11. The van der Waals surface area contributed by atoms with E-state index in [0.717, 1.165) is 19.4 Å². The van der Waals surface area contributed by atoms with Gasteiger partial charge in [-0.1, -0.05) is 0 Å². The summed E-state index contributed by atoms with van der Waals surface area (Å²) < 4.78 is 0. The van der Waals surface area contributed by atoms with Crippen LogP contribution in [0, 0.1) is 4.91 Å². The van der Waals surface area contributed by atoms with Crippen molar-refractivity contribution < 1.29 is 0 Å². The summed E-state index contributed by atoms with van der Waals surface area (Å²) in [5.41, 5.74) is 5.42. The molecule has 0 bridgehead atoms. The van der Waals surface area contributed by atoms with Crippen LogP contribution in [0.1, 0.15) is 12.8 Å². The van der Waals surface area contributed by atoms with E-state index >= 15 is 0 Å². The van der Waals surface area contributed by atoms with E-state index < -0.39 is 0 Å². The molecule has 4 heteroatoms. The molecule has 1 atom stereocenters. The largest absolute Gasteiger partial charge is 0.310 e. The molecule has 46 valence electrons. The first-order valence-corrected chi connectivity index (χ1v) is 2.70. The van der Waals surface area contributed by atoms with Crippen LogP contribution in [0.5, 0.6) is 0 Å². The smallest absolute Gasteiger partial charge is 0.0972 e. The van der Waals surface area contributed by atoms with Crippen LogP contribution in [0.25, 0.3) is 0 Å². The van der Waals surface area contributed by atoms with Gasteiger partial charge < -0.3 is 5.73 Å². The van der Waals surface area contributed by atoms with Gasteiger partial charge >= 0.3 is 0 Å². The van der Waals surface area contributed by atoms with Crippen molar-refractivity contribution in [1.29, 1.82) is 0 Å². The van der Waals surface area contributed by atoms with Crippen LogP contribution in [0.3, 0.4) is 0 Å². The molecule has 0 radical (unpaired) electrons. The van der Waals surface area contributed by atoms with Crippen LogP contribution in [0.4, 0.5) is 0 Å². The van der Waals surface area contributed by atoms with Crippen LogP contribution in [-0.4, -0.2) is 17.7 Å². The average Bonchev–Trinajstić information content (AvgIpc) is 2.14. The van der Waals surface area contributed by atoms with E-state index in [4.69, 9.17) is 5.73 Å². The molecule has 0 aromatic heterocycles. The van der Waals surface area contributed by atoms with E-state index in [9.17, 15) is 4.91 Å². The minimum atomic E-state index is -0.118. The minimum Gasteiger partial charge on any atom is -0.310 e. The highest BCUT2D eigenvalue weighted by atomic mass is 16.3. The van der Waals surface area contributed by atoms with Gasteiger partial charge in [0.1, 0.15) is 0 Å². The molecule has 8 heavy (non-hydrogen) atoms. The van der Waals surface area contributed by atoms with E-state index in [1.54, 1.807) is 0 Å². The molecule has 1 rings (SSSR count). The molecule has 0 aromatic rings. The van der Waals surface area contributed by atoms with Crippen LogP contribution >= 0.6 is 0 Å². The maximum absolute atomic E-state index is 9.81. The summed E-state index contributed by atoms with van der Waals surface area (Å²) in [6.07, 6.45) is 1.77. The van der Waals surface area contributed by atoms with Gasteiger partial charge in [-0.15, -0.1) is 4.91 Å². The molecule has 0 saturated carbocycles. The Morgan fingerprint density at radius 2 is 2.50 bits per heavy atom. The van der Waals surface area contributed by atoms with Gasteiger partial charge in [0, 0.05) is 6.54 Å². The zero-order valence-electron chi connectivity index (χ0n) is 4.58. The third kappa shape index (κ3) is 0.790. The molecule has 0 spiro atoms. The van der Waals surface area contributed by atoms with E-state index in [1.165, 1.54) is 5.01 Å². The monoisotopic (exact) mass is 115 g/mol. The Labute approximate surface area is 47.6 Å². The first-order chi connectivity index (χ1) is 3.84. The maximum atomic E-state index is 9.81. The van der Waals surface area contributed by atoms with E-state index in [1.807, 2.05) is 0 Å². The van der Waals surface area contributed by atoms with Crippen LogP contribution < -0.4 is 5.73 Å². The Morgan fingerprint density at radius 3 is 2.75 bits per heavy atom. The zero-order valence-corrected chi connectivity index (χ0v) is 4.58. The van der Waals surface area contributed by atoms with Crippen molar-refractivity contribution in [3.8, 4) is 0 Å². The lowest BCUT2D eigenvalue weighted by atomic mass is 10.3. The van der Waals surface area contributed by atoms with Gasteiger partial charge in [-0.3, -0.25) is 0 Å². The summed E-state index contributed by atoms with van der Waals surface area (Å²) in [7, 11) is 0. The molecule has 1 aliphatic rings. The summed E-state index contributed by atoms with van der Waals surface area (Å²) >= 11 is 0.